The minimum Gasteiger partial charge on any atom is -0.504 e. The topological polar surface area (TPSA) is 211 Å². The highest BCUT2D eigenvalue weighted by Crippen LogP contribution is 2.52. The van der Waals surface area contributed by atoms with E-state index in [9.17, 15) is 50.1 Å². The molecule has 0 fully saturated rings. The fourth-order valence-electron chi connectivity index (χ4n) is 4.20. The van der Waals surface area contributed by atoms with E-state index in [4.69, 9.17) is 9.47 Å². The van der Waals surface area contributed by atoms with Crippen LogP contribution in [0.15, 0.2) is 54.6 Å². The Labute approximate surface area is 219 Å². The lowest BCUT2D eigenvalue weighted by Crippen LogP contribution is -2.28. The number of esters is 1. The highest BCUT2D eigenvalue weighted by atomic mass is 16.6. The number of carboxylic acid groups (broad SMARTS) is 2. The fraction of sp³-hybridized carbons (Fsp3) is 0.148. The number of hydrogen-bond acceptors (Lipinski definition) is 10. The van der Waals surface area contributed by atoms with Crippen molar-refractivity contribution in [1.82, 2.24) is 0 Å². The molecule has 0 saturated heterocycles. The Bertz CT molecular complexity index is 1490. The fourth-order valence-corrected chi connectivity index (χ4v) is 4.20. The van der Waals surface area contributed by atoms with Crippen molar-refractivity contribution < 1.29 is 59.6 Å². The molecule has 12 heteroatoms. The Morgan fingerprint density at radius 2 is 1.49 bits per heavy atom. The first-order valence-electron chi connectivity index (χ1n) is 11.4. The summed E-state index contributed by atoms with van der Waals surface area (Å²) in [4.78, 5) is 36.4. The number of benzene rings is 3. The van der Waals surface area contributed by atoms with Gasteiger partial charge in [0, 0.05) is 18.1 Å². The van der Waals surface area contributed by atoms with Gasteiger partial charge in [-0.1, -0.05) is 18.2 Å². The summed E-state index contributed by atoms with van der Waals surface area (Å²) in [6.45, 7) is 0. The van der Waals surface area contributed by atoms with E-state index < -0.39 is 59.0 Å². The van der Waals surface area contributed by atoms with Crippen LogP contribution in [0.1, 0.15) is 34.3 Å². The van der Waals surface area contributed by atoms with Crippen molar-refractivity contribution in [3.05, 3.63) is 76.9 Å². The molecule has 202 valence electrons. The number of ether oxygens (including phenoxy) is 2. The maximum absolute atomic E-state index is 12.5. The van der Waals surface area contributed by atoms with Crippen LogP contribution in [0.25, 0.3) is 6.08 Å². The molecule has 3 aromatic rings. The number of rotatable bonds is 8. The van der Waals surface area contributed by atoms with Gasteiger partial charge < -0.3 is 45.2 Å². The maximum Gasteiger partial charge on any atom is 0.345 e. The van der Waals surface area contributed by atoms with Crippen molar-refractivity contribution in [2.75, 3.05) is 0 Å². The second kappa shape index (κ2) is 10.5. The van der Waals surface area contributed by atoms with Gasteiger partial charge >= 0.3 is 17.9 Å². The van der Waals surface area contributed by atoms with Crippen molar-refractivity contribution in [2.24, 2.45) is 0 Å². The minimum atomic E-state index is -1.64. The number of hydrogen-bond donors (Lipinski definition) is 7. The maximum atomic E-state index is 12.5. The number of carbonyl (C=O) groups excluding carboxylic acids is 1. The number of fused-ring (bicyclic) bond motifs is 1. The summed E-state index contributed by atoms with van der Waals surface area (Å²) in [5.74, 6) is -7.59. The molecule has 0 saturated carbocycles. The van der Waals surface area contributed by atoms with Crippen molar-refractivity contribution in [1.29, 1.82) is 0 Å². The Kier molecular flexibility index (Phi) is 7.20. The highest BCUT2D eigenvalue weighted by molar-refractivity contribution is 5.91. The van der Waals surface area contributed by atoms with Crippen LogP contribution in [-0.4, -0.2) is 59.8 Å². The lowest BCUT2D eigenvalue weighted by molar-refractivity contribution is -0.160. The SMILES string of the molecule is O=C(C=Cc1ccc(O)c2c1[C@@H](C(=O)O)[C@H](c1ccc(O)c(O)c1)O2)O[C@H](Cc1ccc(O)c(O)c1)C(=O)O. The van der Waals surface area contributed by atoms with Crippen molar-refractivity contribution in [2.45, 2.75) is 24.5 Å². The minimum absolute atomic E-state index is 0.0264. The summed E-state index contributed by atoms with van der Waals surface area (Å²) >= 11 is 0. The van der Waals surface area contributed by atoms with Crippen LogP contribution in [0, 0.1) is 0 Å². The molecule has 7 N–H and O–H groups in total. The van der Waals surface area contributed by atoms with Gasteiger partial charge in [-0.05, 0) is 53.1 Å². The summed E-state index contributed by atoms with van der Waals surface area (Å²) in [6.07, 6.45) is -1.09. The second-order valence-corrected chi connectivity index (χ2v) is 8.64. The zero-order valence-corrected chi connectivity index (χ0v) is 19.9. The summed E-state index contributed by atoms with van der Waals surface area (Å²) in [5, 5.41) is 68.2. The summed E-state index contributed by atoms with van der Waals surface area (Å²) in [6, 6.07) is 9.83. The number of carboxylic acids is 2. The Morgan fingerprint density at radius 1 is 0.846 bits per heavy atom. The largest absolute Gasteiger partial charge is 0.504 e. The molecule has 1 heterocycles. The number of carbonyl (C=O) groups is 3. The van der Waals surface area contributed by atoms with E-state index in [1.165, 1.54) is 30.3 Å². The molecular formula is C27H22O12. The van der Waals surface area contributed by atoms with Crippen molar-refractivity contribution >= 4 is 24.0 Å². The van der Waals surface area contributed by atoms with Gasteiger partial charge in [0.05, 0.1) is 0 Å². The van der Waals surface area contributed by atoms with Gasteiger partial charge in [-0.15, -0.1) is 0 Å². The van der Waals surface area contributed by atoms with Crippen LogP contribution in [-0.2, 0) is 25.5 Å². The third-order valence-corrected chi connectivity index (χ3v) is 6.06. The molecule has 0 radical (unpaired) electrons. The number of aromatic hydroxyl groups is 5. The highest BCUT2D eigenvalue weighted by Gasteiger charge is 2.43. The third-order valence-electron chi connectivity index (χ3n) is 6.06. The van der Waals surface area contributed by atoms with Gasteiger partial charge in [-0.25, -0.2) is 9.59 Å². The van der Waals surface area contributed by atoms with Gasteiger partial charge in [-0.2, -0.15) is 0 Å². The van der Waals surface area contributed by atoms with Crippen molar-refractivity contribution in [3.63, 3.8) is 0 Å². The molecule has 0 amide bonds. The van der Waals surface area contributed by atoms with Gasteiger partial charge in [0.25, 0.3) is 0 Å². The van der Waals surface area contributed by atoms with E-state index in [0.29, 0.717) is 0 Å². The van der Waals surface area contributed by atoms with E-state index in [1.807, 2.05) is 0 Å². The molecule has 0 aromatic heterocycles. The van der Waals surface area contributed by atoms with Gasteiger partial charge in [0.2, 0.25) is 6.10 Å². The van der Waals surface area contributed by atoms with Gasteiger partial charge in [0.1, 0.15) is 12.0 Å². The van der Waals surface area contributed by atoms with E-state index in [-0.39, 0.29) is 40.2 Å². The number of phenolic OH excluding ortho intramolecular Hbond substituents is 5. The third kappa shape index (κ3) is 5.49. The van der Waals surface area contributed by atoms with Crippen molar-refractivity contribution in [3.8, 4) is 34.5 Å². The first kappa shape index (κ1) is 26.7. The van der Waals surface area contributed by atoms with Crippen LogP contribution in [0.4, 0.5) is 0 Å². The molecule has 0 spiro atoms. The molecule has 0 aliphatic carbocycles. The summed E-state index contributed by atoms with van der Waals surface area (Å²) < 4.78 is 10.8. The summed E-state index contributed by atoms with van der Waals surface area (Å²) in [5.41, 5.74) is 0.664. The van der Waals surface area contributed by atoms with Gasteiger partial charge in [-0.3, -0.25) is 4.79 Å². The zero-order valence-electron chi connectivity index (χ0n) is 19.9. The second-order valence-electron chi connectivity index (χ2n) is 8.64. The average Bonchev–Trinajstić information content (AvgIpc) is 3.29. The molecule has 1 aliphatic heterocycles. The van der Waals surface area contributed by atoms with Crippen LogP contribution < -0.4 is 4.74 Å². The molecular weight excluding hydrogens is 516 g/mol. The first-order chi connectivity index (χ1) is 18.5. The smallest absolute Gasteiger partial charge is 0.345 e. The summed E-state index contributed by atoms with van der Waals surface area (Å²) in [7, 11) is 0. The average molecular weight is 538 g/mol. The Morgan fingerprint density at radius 3 is 2.10 bits per heavy atom. The molecule has 3 atom stereocenters. The lowest BCUT2D eigenvalue weighted by atomic mass is 9.88. The molecule has 4 rings (SSSR count). The number of aliphatic carboxylic acids is 2. The van der Waals surface area contributed by atoms with E-state index in [0.717, 1.165) is 30.3 Å². The molecule has 0 unspecified atom stereocenters. The molecule has 39 heavy (non-hydrogen) atoms. The van der Waals surface area contributed by atoms with Gasteiger partial charge in [0.15, 0.2) is 34.5 Å². The molecule has 0 bridgehead atoms. The Hall–Kier alpha value is -5.39. The number of phenols is 5. The molecule has 12 nitrogen and oxygen atoms in total. The van der Waals surface area contributed by atoms with Crippen LogP contribution in [0.5, 0.6) is 34.5 Å². The zero-order chi connectivity index (χ0) is 28.4. The quantitative estimate of drug-likeness (QED) is 0.125. The monoisotopic (exact) mass is 538 g/mol. The first-order valence-corrected chi connectivity index (χ1v) is 11.4. The van der Waals surface area contributed by atoms with Crippen LogP contribution in [0.2, 0.25) is 0 Å². The molecule has 1 aliphatic rings. The van der Waals surface area contributed by atoms with E-state index in [2.05, 4.69) is 0 Å². The normalized spacial score (nSPS) is 16.8. The standard InChI is InChI=1S/C27H22O12/c28-15-5-1-12(9-18(15)31)10-20(26(34)35)38-21(33)8-4-13-2-7-17(30)25-22(13)23(27(36)37)24(39-25)14-3-6-16(29)19(32)11-14/h1-9,11,20,23-24,28-32H,10H2,(H,34,35)(H,36,37)/t20-,23-,24+/m1/s1. The predicted molar refractivity (Wildman–Crippen MR) is 132 cm³/mol. The van der Waals surface area contributed by atoms with E-state index in [1.54, 1.807) is 0 Å². The lowest BCUT2D eigenvalue weighted by Gasteiger charge is -2.17. The van der Waals surface area contributed by atoms with Crippen LogP contribution >= 0.6 is 0 Å². The Balaban J connectivity index is 1.59. The molecule has 3 aromatic carbocycles. The predicted octanol–water partition coefficient (Wildman–Crippen LogP) is 2.77. The van der Waals surface area contributed by atoms with Crippen LogP contribution in [0.3, 0.4) is 0 Å². The van der Waals surface area contributed by atoms with E-state index >= 15 is 0 Å².